The number of fused-ring (bicyclic) bond motifs is 1. The molecule has 1 atom stereocenters. The van der Waals surface area contributed by atoms with Gasteiger partial charge in [0, 0.05) is 12.2 Å². The Morgan fingerprint density at radius 1 is 1.24 bits per heavy atom. The largest absolute Gasteiger partial charge is 0.342 e. The Kier molecular flexibility index (Phi) is 3.61. The molecule has 126 valence electrons. The molecule has 1 aliphatic rings. The second-order valence-corrected chi connectivity index (χ2v) is 6.06. The number of hydrogen-bond donors (Lipinski definition) is 0. The highest BCUT2D eigenvalue weighted by atomic mass is 19.3. The van der Waals surface area contributed by atoms with Gasteiger partial charge in [-0.2, -0.15) is 14.0 Å². The van der Waals surface area contributed by atoms with E-state index >= 15 is 0 Å². The van der Waals surface area contributed by atoms with Crippen molar-refractivity contribution in [1.29, 1.82) is 5.26 Å². The van der Waals surface area contributed by atoms with Crippen molar-refractivity contribution in [3.8, 4) is 6.07 Å². The minimum Gasteiger partial charge on any atom is -0.342 e. The normalized spacial score (nSPS) is 15.4. The third-order valence-electron chi connectivity index (χ3n) is 4.44. The Labute approximate surface area is 142 Å². The van der Waals surface area contributed by atoms with Crippen LogP contribution >= 0.6 is 0 Å². The summed E-state index contributed by atoms with van der Waals surface area (Å²) in [5.74, 6) is -2.10. The fraction of sp³-hybridized carbons (Fsp3) is 0.278. The van der Waals surface area contributed by atoms with Gasteiger partial charge in [0.15, 0.2) is 5.92 Å². The van der Waals surface area contributed by atoms with E-state index in [0.29, 0.717) is 15.8 Å². The first kappa shape index (κ1) is 15.5. The second kappa shape index (κ2) is 5.81. The monoisotopic (exact) mass is 340 g/mol. The maximum Gasteiger partial charge on any atom is 0.320 e. The average Bonchev–Trinajstić information content (AvgIpc) is 3.20. The fourth-order valence-electron chi connectivity index (χ4n) is 3.13. The van der Waals surface area contributed by atoms with Crippen LogP contribution in [0.5, 0.6) is 0 Å². The Bertz CT molecular complexity index is 994. The summed E-state index contributed by atoms with van der Waals surface area (Å²) in [5.41, 5.74) is 0.906. The lowest BCUT2D eigenvalue weighted by Crippen LogP contribution is -2.19. The molecule has 1 saturated carbocycles. The van der Waals surface area contributed by atoms with E-state index in [9.17, 15) is 18.8 Å². The predicted octanol–water partition coefficient (Wildman–Crippen LogP) is 4.06. The zero-order chi connectivity index (χ0) is 17.6. The molecule has 25 heavy (non-hydrogen) atoms. The van der Waals surface area contributed by atoms with Crippen LogP contribution in [-0.4, -0.2) is 19.9 Å². The summed E-state index contributed by atoms with van der Waals surface area (Å²) in [6.07, 6.45) is 3.73. The number of alkyl halides is 2. The molecular weight excluding hydrogens is 326 g/mol. The molecule has 0 radical (unpaired) electrons. The highest BCUT2D eigenvalue weighted by Crippen LogP contribution is 2.37. The smallest absolute Gasteiger partial charge is 0.320 e. The number of Topliss-reactive ketones (excluding diaryl/α,β-unsaturated/α-hetero) is 1. The molecule has 7 heteroatoms. The summed E-state index contributed by atoms with van der Waals surface area (Å²) in [5, 5.41) is 9.55. The molecule has 5 nitrogen and oxygen atoms in total. The van der Waals surface area contributed by atoms with Gasteiger partial charge in [0.1, 0.15) is 5.82 Å². The Balaban J connectivity index is 1.83. The van der Waals surface area contributed by atoms with Gasteiger partial charge in [-0.15, -0.1) is 0 Å². The molecule has 4 rings (SSSR count). The molecule has 3 aromatic rings. The lowest BCUT2D eigenvalue weighted by atomic mass is 10.0. The first-order valence-electron chi connectivity index (χ1n) is 7.97. The van der Waals surface area contributed by atoms with Crippen molar-refractivity contribution in [2.45, 2.75) is 31.4 Å². The van der Waals surface area contributed by atoms with Crippen molar-refractivity contribution in [2.24, 2.45) is 0 Å². The third kappa shape index (κ3) is 2.50. The number of carbonyl (C=O) groups excluding carboxylic acids is 1. The van der Waals surface area contributed by atoms with E-state index in [1.54, 1.807) is 36.5 Å². The van der Waals surface area contributed by atoms with Crippen molar-refractivity contribution in [1.82, 2.24) is 14.1 Å². The minimum absolute atomic E-state index is 0.207. The van der Waals surface area contributed by atoms with Gasteiger partial charge in [0.2, 0.25) is 5.78 Å². The van der Waals surface area contributed by atoms with E-state index in [1.165, 1.54) is 6.07 Å². The third-order valence-corrected chi connectivity index (χ3v) is 4.44. The maximum atomic E-state index is 13.6. The number of ketones is 1. The average molecular weight is 340 g/mol. The molecular formula is C18H14F2N4O. The SMILES string of the molecule is N#C[C@H](C(=O)c1cccn1C1CC1)c1nc2ccccc2n1C(F)F. The van der Waals surface area contributed by atoms with Gasteiger partial charge in [0.05, 0.1) is 22.8 Å². The lowest BCUT2D eigenvalue weighted by molar-refractivity contribution is 0.0700. The van der Waals surface area contributed by atoms with E-state index in [1.807, 2.05) is 10.6 Å². The van der Waals surface area contributed by atoms with E-state index < -0.39 is 18.3 Å². The number of imidazole rings is 1. The Morgan fingerprint density at radius 2 is 2.00 bits per heavy atom. The molecule has 0 spiro atoms. The number of hydrogen-bond acceptors (Lipinski definition) is 3. The molecule has 0 N–H and O–H groups in total. The van der Waals surface area contributed by atoms with Crippen molar-refractivity contribution >= 4 is 16.8 Å². The number of benzene rings is 1. The fourth-order valence-corrected chi connectivity index (χ4v) is 3.13. The van der Waals surface area contributed by atoms with Gasteiger partial charge in [-0.3, -0.25) is 9.36 Å². The van der Waals surface area contributed by atoms with E-state index in [2.05, 4.69) is 4.98 Å². The van der Waals surface area contributed by atoms with Crippen LogP contribution < -0.4 is 0 Å². The number of halogens is 2. The molecule has 1 aliphatic carbocycles. The summed E-state index contributed by atoms with van der Waals surface area (Å²) in [7, 11) is 0. The van der Waals surface area contributed by atoms with Crippen LogP contribution in [0.4, 0.5) is 8.78 Å². The van der Waals surface area contributed by atoms with Crippen LogP contribution in [0.15, 0.2) is 42.6 Å². The number of nitriles is 1. The number of aromatic nitrogens is 3. The van der Waals surface area contributed by atoms with Crippen molar-refractivity contribution in [3.63, 3.8) is 0 Å². The molecule has 0 unspecified atom stereocenters. The van der Waals surface area contributed by atoms with Crippen LogP contribution in [0.3, 0.4) is 0 Å². The van der Waals surface area contributed by atoms with Crippen LogP contribution in [0.2, 0.25) is 0 Å². The van der Waals surface area contributed by atoms with Crippen molar-refractivity contribution < 1.29 is 13.6 Å². The zero-order valence-electron chi connectivity index (χ0n) is 13.1. The standard InChI is InChI=1S/C18H14F2N4O/c19-18(20)24-14-5-2-1-4-13(14)22-17(24)12(10-21)16(25)15-6-3-9-23(15)11-7-8-11/h1-6,9,11-12,18H,7-8H2/t12-/m1/s1. The zero-order valence-corrected chi connectivity index (χ0v) is 13.1. The summed E-state index contributed by atoms with van der Waals surface area (Å²) >= 11 is 0. The minimum atomic E-state index is -2.89. The summed E-state index contributed by atoms with van der Waals surface area (Å²) in [4.78, 5) is 17.1. The topological polar surface area (TPSA) is 63.6 Å². The van der Waals surface area contributed by atoms with Gasteiger partial charge in [-0.1, -0.05) is 12.1 Å². The first-order chi connectivity index (χ1) is 12.1. The van der Waals surface area contributed by atoms with Crippen molar-refractivity contribution in [2.75, 3.05) is 0 Å². The summed E-state index contributed by atoms with van der Waals surface area (Å²) < 4.78 is 29.7. The highest BCUT2D eigenvalue weighted by Gasteiger charge is 2.34. The molecule has 0 saturated heterocycles. The molecule has 1 aromatic carbocycles. The van der Waals surface area contributed by atoms with Gasteiger partial charge in [-0.05, 0) is 37.1 Å². The van der Waals surface area contributed by atoms with E-state index in [-0.39, 0.29) is 17.4 Å². The second-order valence-electron chi connectivity index (χ2n) is 6.06. The van der Waals surface area contributed by atoms with Gasteiger partial charge < -0.3 is 4.57 Å². The molecule has 0 amide bonds. The molecule has 2 heterocycles. The molecule has 1 fully saturated rings. The Hall–Kier alpha value is -3.01. The molecule has 2 aromatic heterocycles. The van der Waals surface area contributed by atoms with Crippen LogP contribution in [-0.2, 0) is 0 Å². The van der Waals surface area contributed by atoms with E-state index in [0.717, 1.165) is 12.8 Å². The number of para-hydroxylation sites is 2. The van der Waals surface area contributed by atoms with Gasteiger partial charge >= 0.3 is 6.55 Å². The lowest BCUT2D eigenvalue weighted by Gasteiger charge is -2.13. The maximum absolute atomic E-state index is 13.6. The predicted molar refractivity (Wildman–Crippen MR) is 86.4 cm³/mol. The molecule has 0 aliphatic heterocycles. The summed E-state index contributed by atoms with van der Waals surface area (Å²) in [6, 6.07) is 11.9. The van der Waals surface area contributed by atoms with Crippen LogP contribution in [0, 0.1) is 11.3 Å². The first-order valence-corrected chi connectivity index (χ1v) is 7.97. The highest BCUT2D eigenvalue weighted by molar-refractivity contribution is 6.01. The van der Waals surface area contributed by atoms with Crippen molar-refractivity contribution in [3.05, 3.63) is 54.1 Å². The van der Waals surface area contributed by atoms with Crippen LogP contribution in [0.25, 0.3) is 11.0 Å². The van der Waals surface area contributed by atoms with Gasteiger partial charge in [0.25, 0.3) is 0 Å². The van der Waals surface area contributed by atoms with Gasteiger partial charge in [-0.25, -0.2) is 4.98 Å². The quantitative estimate of drug-likeness (QED) is 0.658. The Morgan fingerprint density at radius 3 is 2.68 bits per heavy atom. The van der Waals surface area contributed by atoms with Crippen LogP contribution in [0.1, 0.15) is 47.7 Å². The van der Waals surface area contributed by atoms with E-state index in [4.69, 9.17) is 0 Å². The summed E-state index contributed by atoms with van der Waals surface area (Å²) in [6.45, 7) is -2.89. The molecule has 0 bridgehead atoms. The number of nitrogens with zero attached hydrogens (tertiary/aromatic N) is 4. The number of rotatable bonds is 5. The number of carbonyl (C=O) groups is 1.